The summed E-state index contributed by atoms with van der Waals surface area (Å²) in [4.78, 5) is 37.4. The minimum atomic E-state index is -0.832. The molecule has 1 aliphatic carbocycles. The van der Waals surface area contributed by atoms with Crippen molar-refractivity contribution in [2.45, 2.75) is 110 Å². The lowest BCUT2D eigenvalue weighted by molar-refractivity contribution is -0.157. The molecule has 0 radical (unpaired) electrons. The average Bonchev–Trinajstić information content (AvgIpc) is 3.56. The molecule has 0 bridgehead atoms. The zero-order valence-corrected chi connectivity index (χ0v) is 29.7. The van der Waals surface area contributed by atoms with Crippen molar-refractivity contribution in [1.29, 1.82) is 0 Å². The van der Waals surface area contributed by atoms with Crippen LogP contribution in [0.2, 0.25) is 0 Å². The van der Waals surface area contributed by atoms with E-state index in [0.29, 0.717) is 23.0 Å². The van der Waals surface area contributed by atoms with E-state index in [-0.39, 0.29) is 11.3 Å². The number of carbonyl (C=O) groups excluding carboxylic acids is 2. The molecule has 0 saturated heterocycles. The van der Waals surface area contributed by atoms with Gasteiger partial charge in [0.1, 0.15) is 11.6 Å². The van der Waals surface area contributed by atoms with Crippen LogP contribution in [-0.2, 0) is 21.4 Å². The number of benzene rings is 2. The largest absolute Gasteiger partial charge is 0.458 e. The standard InChI is InChI=1S/C40H49N3O3S/c1-8-26-9-13-28(14-10-26)29-17-19-30(20-18-29)32-24-41-36(42-25-32)31-15-11-27(12-16-31)23-33(38(45)46-40(5,6)7)43-37(44)34-21-22-35(47-34)39(2,3)4/h11-12,15-22,24-26,28,33H,8-10,13-14,23H2,1-7H3,(H,43,44)/t26-,28-,33-/m0/s1. The Morgan fingerprint density at radius 2 is 1.45 bits per heavy atom. The highest BCUT2D eigenvalue weighted by Gasteiger charge is 2.28. The predicted octanol–water partition coefficient (Wildman–Crippen LogP) is 9.54. The first-order valence-corrected chi connectivity index (χ1v) is 17.8. The van der Waals surface area contributed by atoms with E-state index in [4.69, 9.17) is 4.74 Å². The van der Waals surface area contributed by atoms with E-state index in [1.54, 1.807) is 0 Å². The monoisotopic (exact) mass is 651 g/mol. The van der Waals surface area contributed by atoms with Crippen LogP contribution < -0.4 is 5.32 Å². The molecule has 1 saturated carbocycles. The third kappa shape index (κ3) is 9.16. The van der Waals surface area contributed by atoms with Crippen molar-refractivity contribution < 1.29 is 14.3 Å². The maximum atomic E-state index is 13.2. The van der Waals surface area contributed by atoms with Crippen LogP contribution in [-0.4, -0.2) is 33.5 Å². The van der Waals surface area contributed by atoms with E-state index < -0.39 is 17.6 Å². The number of carbonyl (C=O) groups is 2. The summed E-state index contributed by atoms with van der Waals surface area (Å²) in [5.41, 5.74) is 4.59. The van der Waals surface area contributed by atoms with Gasteiger partial charge in [0.15, 0.2) is 5.82 Å². The molecule has 6 nitrogen and oxygen atoms in total. The zero-order valence-electron chi connectivity index (χ0n) is 28.9. The van der Waals surface area contributed by atoms with Gasteiger partial charge in [-0.2, -0.15) is 0 Å². The molecule has 0 spiro atoms. The molecular weight excluding hydrogens is 603 g/mol. The summed E-state index contributed by atoms with van der Waals surface area (Å²) in [5.74, 6) is 1.47. The van der Waals surface area contributed by atoms with Crippen molar-refractivity contribution in [2.24, 2.45) is 5.92 Å². The van der Waals surface area contributed by atoms with Gasteiger partial charge in [-0.1, -0.05) is 82.6 Å². The Morgan fingerprint density at radius 3 is 2.00 bits per heavy atom. The lowest BCUT2D eigenvalue weighted by atomic mass is 9.78. The summed E-state index contributed by atoms with van der Waals surface area (Å²) in [6.07, 6.45) is 10.6. The Labute approximate surface area is 284 Å². The van der Waals surface area contributed by atoms with Gasteiger partial charge in [0.05, 0.1) is 4.88 Å². The third-order valence-corrected chi connectivity index (χ3v) is 10.5. The molecule has 2 aromatic heterocycles. The van der Waals surface area contributed by atoms with Gasteiger partial charge in [0, 0.05) is 34.8 Å². The van der Waals surface area contributed by atoms with Crippen LogP contribution in [0.1, 0.15) is 112 Å². The highest BCUT2D eigenvalue weighted by atomic mass is 32.1. The van der Waals surface area contributed by atoms with Gasteiger partial charge >= 0.3 is 5.97 Å². The average molecular weight is 652 g/mol. The van der Waals surface area contributed by atoms with Gasteiger partial charge in [-0.3, -0.25) is 4.79 Å². The van der Waals surface area contributed by atoms with Crippen LogP contribution in [0.3, 0.4) is 0 Å². The van der Waals surface area contributed by atoms with Crippen molar-refractivity contribution in [2.75, 3.05) is 0 Å². The Bertz CT molecular complexity index is 1640. The fourth-order valence-corrected chi connectivity index (χ4v) is 7.13. The van der Waals surface area contributed by atoms with Crippen molar-refractivity contribution in [3.8, 4) is 22.5 Å². The minimum Gasteiger partial charge on any atom is -0.458 e. The smallest absolute Gasteiger partial charge is 0.329 e. The van der Waals surface area contributed by atoms with Crippen LogP contribution >= 0.6 is 11.3 Å². The number of nitrogens with zero attached hydrogens (tertiary/aromatic N) is 2. The number of amides is 1. The molecule has 0 unspecified atom stereocenters. The number of aromatic nitrogens is 2. The normalized spacial score (nSPS) is 17.6. The zero-order chi connectivity index (χ0) is 33.8. The summed E-state index contributed by atoms with van der Waals surface area (Å²) < 4.78 is 5.68. The number of nitrogens with one attached hydrogen (secondary N) is 1. The van der Waals surface area contributed by atoms with Crippen LogP contribution in [0.5, 0.6) is 0 Å². The molecule has 1 N–H and O–H groups in total. The molecular formula is C40H49N3O3S. The van der Waals surface area contributed by atoms with Crippen molar-refractivity contribution in [3.05, 3.63) is 93.9 Å². The lowest BCUT2D eigenvalue weighted by Crippen LogP contribution is -2.45. The number of hydrogen-bond acceptors (Lipinski definition) is 6. The molecule has 47 heavy (non-hydrogen) atoms. The van der Waals surface area contributed by atoms with Crippen LogP contribution in [0.4, 0.5) is 0 Å². The first kappa shape index (κ1) is 34.5. The molecule has 1 atom stereocenters. The molecule has 2 aromatic carbocycles. The van der Waals surface area contributed by atoms with Crippen LogP contribution in [0.15, 0.2) is 73.1 Å². The van der Waals surface area contributed by atoms with Gasteiger partial charge in [0.25, 0.3) is 5.91 Å². The fourth-order valence-electron chi connectivity index (χ4n) is 6.16. The second-order valence-electron chi connectivity index (χ2n) is 14.9. The van der Waals surface area contributed by atoms with E-state index in [9.17, 15) is 9.59 Å². The maximum absolute atomic E-state index is 13.2. The highest BCUT2D eigenvalue weighted by molar-refractivity contribution is 7.14. The summed E-state index contributed by atoms with van der Waals surface area (Å²) >= 11 is 1.45. The SMILES string of the molecule is CC[C@H]1CC[C@H](c2ccc(-c3cnc(-c4ccc(C[C@H](NC(=O)c5ccc(C(C)(C)C)s5)C(=O)OC(C)(C)C)cc4)nc3)cc2)CC1. The molecule has 7 heteroatoms. The Balaban J connectivity index is 1.24. The Kier molecular flexibility index (Phi) is 10.6. The third-order valence-electron chi connectivity index (χ3n) is 9.01. The summed E-state index contributed by atoms with van der Waals surface area (Å²) in [6.45, 7) is 14.1. The number of esters is 1. The van der Waals surface area contributed by atoms with Gasteiger partial charge in [-0.05, 0) is 92.5 Å². The van der Waals surface area contributed by atoms with Crippen molar-refractivity contribution in [1.82, 2.24) is 15.3 Å². The van der Waals surface area contributed by atoms with E-state index in [0.717, 1.165) is 33.0 Å². The molecule has 2 heterocycles. The lowest BCUT2D eigenvalue weighted by Gasteiger charge is -2.28. The van der Waals surface area contributed by atoms with Crippen LogP contribution in [0, 0.1) is 5.92 Å². The molecule has 1 aliphatic rings. The number of ether oxygens (including phenoxy) is 1. The van der Waals surface area contributed by atoms with Gasteiger partial charge in [-0.15, -0.1) is 11.3 Å². The number of rotatable bonds is 9. The molecule has 4 aromatic rings. The van der Waals surface area contributed by atoms with Gasteiger partial charge < -0.3 is 10.1 Å². The van der Waals surface area contributed by atoms with E-state index >= 15 is 0 Å². The topological polar surface area (TPSA) is 81.2 Å². The second-order valence-corrected chi connectivity index (χ2v) is 16.0. The molecule has 0 aliphatic heterocycles. The molecule has 1 amide bonds. The first-order chi connectivity index (χ1) is 22.3. The minimum absolute atomic E-state index is 0.0575. The number of hydrogen-bond donors (Lipinski definition) is 1. The Hall–Kier alpha value is -3.84. The Morgan fingerprint density at radius 1 is 0.830 bits per heavy atom. The summed E-state index contributed by atoms with van der Waals surface area (Å²) in [6, 6.07) is 19.7. The second kappa shape index (κ2) is 14.5. The maximum Gasteiger partial charge on any atom is 0.329 e. The summed E-state index contributed by atoms with van der Waals surface area (Å²) in [5, 5.41) is 2.94. The quantitative estimate of drug-likeness (QED) is 0.182. The molecule has 248 valence electrons. The van der Waals surface area contributed by atoms with Crippen molar-refractivity contribution in [3.63, 3.8) is 0 Å². The molecule has 5 rings (SSSR count). The van der Waals surface area contributed by atoms with Gasteiger partial charge in [-0.25, -0.2) is 14.8 Å². The van der Waals surface area contributed by atoms with Crippen LogP contribution in [0.25, 0.3) is 22.5 Å². The predicted molar refractivity (Wildman–Crippen MR) is 192 cm³/mol. The van der Waals surface area contributed by atoms with E-state index in [2.05, 4.69) is 67.2 Å². The van der Waals surface area contributed by atoms with Crippen molar-refractivity contribution >= 4 is 23.2 Å². The molecule has 1 fully saturated rings. The fraction of sp³-hybridized carbons (Fsp3) is 0.450. The first-order valence-electron chi connectivity index (χ1n) is 16.9. The van der Waals surface area contributed by atoms with E-state index in [1.165, 1.54) is 49.0 Å². The van der Waals surface area contributed by atoms with Gasteiger partial charge in [0.2, 0.25) is 0 Å². The number of thiophene rings is 1. The van der Waals surface area contributed by atoms with E-state index in [1.807, 2.05) is 69.6 Å². The highest BCUT2D eigenvalue weighted by Crippen LogP contribution is 2.37. The summed E-state index contributed by atoms with van der Waals surface area (Å²) in [7, 11) is 0.